The Balaban J connectivity index is 1.34. The topological polar surface area (TPSA) is 62.6 Å². The van der Waals surface area contributed by atoms with Gasteiger partial charge in [-0.15, -0.1) is 0 Å². The third kappa shape index (κ3) is 3.10. The lowest BCUT2D eigenvalue weighted by molar-refractivity contribution is -0.0549. The van der Waals surface area contributed by atoms with E-state index in [1.165, 1.54) is 22.3 Å². The quantitative estimate of drug-likeness (QED) is 0.724. The summed E-state index contributed by atoms with van der Waals surface area (Å²) in [6.07, 6.45) is 2.68. The summed E-state index contributed by atoms with van der Waals surface area (Å²) < 4.78 is 11.5. The van der Waals surface area contributed by atoms with E-state index in [9.17, 15) is 4.79 Å². The lowest BCUT2D eigenvalue weighted by atomic mass is 9.90. The largest absolute Gasteiger partial charge is 0.448 e. The summed E-state index contributed by atoms with van der Waals surface area (Å²) in [5.41, 5.74) is 5.96. The minimum absolute atomic E-state index is 0.0567. The van der Waals surface area contributed by atoms with Crippen molar-refractivity contribution in [2.75, 3.05) is 19.8 Å². The maximum absolute atomic E-state index is 13.0. The zero-order valence-corrected chi connectivity index (χ0v) is 16.1. The molecule has 2 aliphatic heterocycles. The van der Waals surface area contributed by atoms with Crippen LogP contribution in [0.3, 0.4) is 0 Å². The Bertz CT molecular complexity index is 961. The van der Waals surface area contributed by atoms with Gasteiger partial charge in [0.2, 0.25) is 0 Å². The summed E-state index contributed by atoms with van der Waals surface area (Å²) in [7, 11) is 0. The number of allylic oxidation sites excluding steroid dienone is 1. The number of hydrogen-bond donors (Lipinski definition) is 0. The van der Waals surface area contributed by atoms with Crippen molar-refractivity contribution < 1.29 is 14.3 Å². The van der Waals surface area contributed by atoms with Crippen molar-refractivity contribution in [3.63, 3.8) is 0 Å². The molecule has 0 N–H and O–H groups in total. The van der Waals surface area contributed by atoms with Crippen LogP contribution in [0, 0.1) is 11.3 Å². The van der Waals surface area contributed by atoms with Crippen molar-refractivity contribution in [2.45, 2.75) is 30.8 Å². The Morgan fingerprint density at radius 3 is 2.24 bits per heavy atom. The van der Waals surface area contributed by atoms with E-state index >= 15 is 0 Å². The molecule has 29 heavy (non-hydrogen) atoms. The highest BCUT2D eigenvalue weighted by atomic mass is 16.6. The molecule has 1 amide bonds. The molecule has 0 saturated carbocycles. The summed E-state index contributed by atoms with van der Waals surface area (Å²) in [4.78, 5) is 14.9. The highest BCUT2D eigenvalue weighted by Crippen LogP contribution is 2.44. The van der Waals surface area contributed by atoms with Gasteiger partial charge >= 0.3 is 6.09 Å². The average Bonchev–Trinajstić information content (AvgIpc) is 3.05. The lowest BCUT2D eigenvalue weighted by Crippen LogP contribution is -2.58. The molecular weight excluding hydrogens is 364 g/mol. The van der Waals surface area contributed by atoms with Crippen LogP contribution >= 0.6 is 0 Å². The van der Waals surface area contributed by atoms with Crippen LogP contribution in [0.2, 0.25) is 0 Å². The summed E-state index contributed by atoms with van der Waals surface area (Å²) in [6, 6.07) is 18.7. The van der Waals surface area contributed by atoms with Crippen LogP contribution in [0.5, 0.6) is 0 Å². The molecule has 5 rings (SSSR count). The molecular formula is C24H22N2O3. The second kappa shape index (κ2) is 7.38. The Labute approximate surface area is 170 Å². The highest BCUT2D eigenvalue weighted by Gasteiger charge is 2.41. The fraction of sp³-hybridized carbons (Fsp3) is 0.333. The molecule has 146 valence electrons. The molecule has 5 nitrogen and oxygen atoms in total. The van der Waals surface area contributed by atoms with Gasteiger partial charge in [0.05, 0.1) is 31.4 Å². The molecule has 2 heterocycles. The Morgan fingerprint density at radius 2 is 1.66 bits per heavy atom. The molecule has 0 spiro atoms. The number of benzene rings is 2. The van der Waals surface area contributed by atoms with Gasteiger partial charge in [-0.05, 0) is 35.1 Å². The predicted molar refractivity (Wildman–Crippen MR) is 108 cm³/mol. The van der Waals surface area contributed by atoms with Gasteiger partial charge in [0, 0.05) is 12.0 Å². The van der Waals surface area contributed by atoms with E-state index in [-0.39, 0.29) is 24.1 Å². The number of nitrogens with zero attached hydrogens (tertiary/aromatic N) is 2. The smallest absolute Gasteiger partial charge is 0.410 e. The predicted octanol–water partition coefficient (Wildman–Crippen LogP) is 4.25. The molecule has 5 heteroatoms. The van der Waals surface area contributed by atoms with Crippen molar-refractivity contribution in [3.8, 4) is 17.2 Å². The minimum Gasteiger partial charge on any atom is -0.448 e. The maximum atomic E-state index is 13.0. The first-order valence-electron chi connectivity index (χ1n) is 10.0. The van der Waals surface area contributed by atoms with Crippen LogP contribution in [0.15, 0.2) is 60.2 Å². The third-order valence-corrected chi connectivity index (χ3v) is 6.22. The van der Waals surface area contributed by atoms with Gasteiger partial charge in [-0.2, -0.15) is 5.26 Å². The fourth-order valence-electron chi connectivity index (χ4n) is 4.98. The summed E-state index contributed by atoms with van der Waals surface area (Å²) >= 11 is 0. The van der Waals surface area contributed by atoms with Crippen LogP contribution in [-0.2, 0) is 9.47 Å². The van der Waals surface area contributed by atoms with Crippen LogP contribution in [0.4, 0.5) is 4.79 Å². The molecule has 2 bridgehead atoms. The molecule has 1 aliphatic carbocycles. The van der Waals surface area contributed by atoms with Crippen molar-refractivity contribution in [1.82, 2.24) is 4.90 Å². The fourth-order valence-corrected chi connectivity index (χ4v) is 4.98. The van der Waals surface area contributed by atoms with Gasteiger partial charge in [-0.1, -0.05) is 54.1 Å². The normalized spacial score (nSPS) is 22.4. The van der Waals surface area contributed by atoms with Crippen molar-refractivity contribution in [1.29, 1.82) is 5.26 Å². The summed E-state index contributed by atoms with van der Waals surface area (Å²) in [5.74, 6) is 0.0567. The van der Waals surface area contributed by atoms with Crippen molar-refractivity contribution in [3.05, 3.63) is 71.3 Å². The molecule has 0 radical (unpaired) electrons. The standard InChI is InChI=1S/C24H22N2O3/c25-10-9-16-11-17-13-28-14-18(12-16)26(17)24(27)29-15-23-21-7-3-1-5-19(21)20-6-2-4-8-22(20)23/h1-9,17-18,23H,11-15H2. The molecule has 2 saturated heterocycles. The lowest BCUT2D eigenvalue weighted by Gasteiger charge is -2.45. The highest BCUT2D eigenvalue weighted by molar-refractivity contribution is 5.79. The molecule has 0 aromatic heterocycles. The number of nitriles is 1. The maximum Gasteiger partial charge on any atom is 0.410 e. The minimum atomic E-state index is -0.277. The van der Waals surface area contributed by atoms with Crippen molar-refractivity contribution >= 4 is 6.09 Å². The number of amides is 1. The molecule has 2 unspecified atom stereocenters. The van der Waals surface area contributed by atoms with Gasteiger partial charge in [0.25, 0.3) is 0 Å². The Hall–Kier alpha value is -3.10. The molecule has 2 aromatic rings. The number of hydrogen-bond acceptors (Lipinski definition) is 4. The van der Waals surface area contributed by atoms with E-state index in [4.69, 9.17) is 14.7 Å². The number of ether oxygens (including phenoxy) is 2. The zero-order valence-electron chi connectivity index (χ0n) is 16.1. The van der Waals surface area contributed by atoms with Crippen LogP contribution in [0.1, 0.15) is 29.9 Å². The van der Waals surface area contributed by atoms with Gasteiger partial charge < -0.3 is 9.47 Å². The third-order valence-electron chi connectivity index (χ3n) is 6.22. The zero-order chi connectivity index (χ0) is 19.8. The molecule has 3 aliphatic rings. The van der Waals surface area contributed by atoms with Crippen LogP contribution in [-0.4, -0.2) is 42.9 Å². The van der Waals surface area contributed by atoms with Crippen molar-refractivity contribution in [2.24, 2.45) is 0 Å². The first-order valence-corrected chi connectivity index (χ1v) is 10.0. The van der Waals surface area contributed by atoms with Gasteiger partial charge in [-0.3, -0.25) is 4.90 Å². The second-order valence-corrected chi connectivity index (χ2v) is 7.90. The number of piperidine rings is 1. The molecule has 2 aromatic carbocycles. The SMILES string of the molecule is N#CC=C1CC2COCC(C1)N2C(=O)OCC1c2ccccc2-c2ccccc21. The number of morpholine rings is 1. The van der Waals surface area contributed by atoms with Gasteiger partial charge in [0.1, 0.15) is 6.61 Å². The first kappa shape index (κ1) is 18.0. The van der Waals surface area contributed by atoms with E-state index < -0.39 is 0 Å². The number of carbonyl (C=O) groups excluding carboxylic acids is 1. The summed E-state index contributed by atoms with van der Waals surface area (Å²) in [6.45, 7) is 1.30. The molecule has 2 fully saturated rings. The average molecular weight is 386 g/mol. The van der Waals surface area contributed by atoms with Gasteiger partial charge in [0.15, 0.2) is 0 Å². The monoisotopic (exact) mass is 386 g/mol. The van der Waals surface area contributed by atoms with E-state index in [2.05, 4.69) is 30.3 Å². The number of carbonyl (C=O) groups is 1. The van der Waals surface area contributed by atoms with Crippen LogP contribution < -0.4 is 0 Å². The van der Waals surface area contributed by atoms with E-state index in [0.717, 1.165) is 5.57 Å². The number of rotatable bonds is 2. The van der Waals surface area contributed by atoms with Crippen LogP contribution in [0.25, 0.3) is 11.1 Å². The Kier molecular flexibility index (Phi) is 4.57. The molecule has 2 atom stereocenters. The first-order chi connectivity index (χ1) is 14.3. The van der Waals surface area contributed by atoms with E-state index in [1.54, 1.807) is 6.08 Å². The van der Waals surface area contributed by atoms with Gasteiger partial charge in [-0.25, -0.2) is 4.79 Å². The summed E-state index contributed by atoms with van der Waals surface area (Å²) in [5, 5.41) is 8.96. The second-order valence-electron chi connectivity index (χ2n) is 7.90. The number of fused-ring (bicyclic) bond motifs is 5. The van der Waals surface area contributed by atoms with E-state index in [0.29, 0.717) is 32.7 Å². The van der Waals surface area contributed by atoms with E-state index in [1.807, 2.05) is 29.2 Å². The Morgan fingerprint density at radius 1 is 1.07 bits per heavy atom.